The fourth-order valence-corrected chi connectivity index (χ4v) is 3.71. The molecule has 0 bridgehead atoms. The summed E-state index contributed by atoms with van der Waals surface area (Å²) < 4.78 is 12.1. The third-order valence-electron chi connectivity index (χ3n) is 4.56. The lowest BCUT2D eigenvalue weighted by Crippen LogP contribution is -2.45. The number of aliphatic carboxylic acids is 1. The number of methoxy groups -OCH3 is 1. The summed E-state index contributed by atoms with van der Waals surface area (Å²) >= 11 is 3.39. The standard InChI is InChI=1S/C20H21BrN2O5/c1-11(2)17-19(24)23(10-12-5-4-6-22-9-12)16(20(25)26)14-7-13(21)8-15(27-3)18(14)28-17/h4-9,11,16-17H,10H2,1-3H3,(H,25,26). The van der Waals surface area contributed by atoms with Crippen molar-refractivity contribution < 1.29 is 24.2 Å². The molecule has 0 spiro atoms. The Morgan fingerprint density at radius 1 is 1.43 bits per heavy atom. The Morgan fingerprint density at radius 3 is 2.75 bits per heavy atom. The van der Waals surface area contributed by atoms with Gasteiger partial charge in [-0.25, -0.2) is 4.79 Å². The second-order valence-corrected chi connectivity index (χ2v) is 7.79. The fourth-order valence-electron chi connectivity index (χ4n) is 3.25. The highest BCUT2D eigenvalue weighted by Gasteiger charge is 2.43. The lowest BCUT2D eigenvalue weighted by Gasteiger charge is -2.29. The first-order valence-corrected chi connectivity index (χ1v) is 9.59. The van der Waals surface area contributed by atoms with Gasteiger partial charge in [-0.15, -0.1) is 0 Å². The summed E-state index contributed by atoms with van der Waals surface area (Å²) in [5.74, 6) is -1.05. The molecular formula is C20H21BrN2O5. The molecule has 0 saturated carbocycles. The summed E-state index contributed by atoms with van der Waals surface area (Å²) in [6, 6.07) is 5.67. The molecule has 2 unspecified atom stereocenters. The van der Waals surface area contributed by atoms with Crippen molar-refractivity contribution in [2.24, 2.45) is 5.92 Å². The molecule has 1 aliphatic rings. The number of halogens is 1. The second-order valence-electron chi connectivity index (χ2n) is 6.88. The molecular weight excluding hydrogens is 428 g/mol. The molecule has 148 valence electrons. The van der Waals surface area contributed by atoms with Crippen LogP contribution in [0.15, 0.2) is 41.1 Å². The number of nitrogens with zero attached hydrogens (tertiary/aromatic N) is 2. The molecule has 8 heteroatoms. The first kappa shape index (κ1) is 20.1. The molecule has 1 N–H and O–H groups in total. The number of carbonyl (C=O) groups excluding carboxylic acids is 1. The molecule has 1 aromatic carbocycles. The summed E-state index contributed by atoms with van der Waals surface area (Å²) in [5.41, 5.74) is 1.09. The maximum atomic E-state index is 13.3. The summed E-state index contributed by atoms with van der Waals surface area (Å²) in [6.07, 6.45) is 2.40. The van der Waals surface area contributed by atoms with Gasteiger partial charge in [-0.05, 0) is 29.7 Å². The molecule has 7 nitrogen and oxygen atoms in total. The number of carboxylic acids is 1. The Labute approximate surface area is 171 Å². The second kappa shape index (κ2) is 8.18. The van der Waals surface area contributed by atoms with Crippen LogP contribution in [-0.2, 0) is 16.1 Å². The van der Waals surface area contributed by atoms with E-state index in [1.807, 2.05) is 13.8 Å². The maximum absolute atomic E-state index is 13.3. The number of rotatable bonds is 5. The Balaban J connectivity index is 2.20. The highest BCUT2D eigenvalue weighted by atomic mass is 79.9. The molecule has 2 aromatic rings. The van der Waals surface area contributed by atoms with Crippen LogP contribution in [0, 0.1) is 5.92 Å². The number of benzene rings is 1. The summed E-state index contributed by atoms with van der Waals surface area (Å²) in [6.45, 7) is 3.82. The van der Waals surface area contributed by atoms with Gasteiger partial charge in [0.1, 0.15) is 0 Å². The number of hydrogen-bond acceptors (Lipinski definition) is 5. The summed E-state index contributed by atoms with van der Waals surface area (Å²) in [4.78, 5) is 31.0. The van der Waals surface area contributed by atoms with Crippen LogP contribution in [0.1, 0.15) is 31.0 Å². The van der Waals surface area contributed by atoms with E-state index in [-0.39, 0.29) is 24.1 Å². The molecule has 3 rings (SSSR count). The van der Waals surface area contributed by atoms with E-state index in [0.717, 1.165) is 5.56 Å². The van der Waals surface area contributed by atoms with Crippen molar-refractivity contribution in [3.63, 3.8) is 0 Å². The van der Waals surface area contributed by atoms with Crippen molar-refractivity contribution in [2.75, 3.05) is 7.11 Å². The van der Waals surface area contributed by atoms with Crippen LogP contribution in [-0.4, -0.2) is 40.1 Å². The van der Waals surface area contributed by atoms with Crippen LogP contribution in [0.3, 0.4) is 0 Å². The molecule has 1 amide bonds. The molecule has 0 fully saturated rings. The van der Waals surface area contributed by atoms with Gasteiger partial charge in [0.25, 0.3) is 5.91 Å². The fraction of sp³-hybridized carbons (Fsp3) is 0.350. The van der Waals surface area contributed by atoms with Gasteiger partial charge in [-0.1, -0.05) is 35.8 Å². The van der Waals surface area contributed by atoms with Crippen molar-refractivity contribution in [1.82, 2.24) is 9.88 Å². The number of ether oxygens (including phenoxy) is 2. The maximum Gasteiger partial charge on any atom is 0.331 e. The minimum atomic E-state index is -1.22. The Hall–Kier alpha value is -2.61. The summed E-state index contributed by atoms with van der Waals surface area (Å²) in [7, 11) is 1.48. The van der Waals surface area contributed by atoms with Gasteiger partial charge in [0.05, 0.1) is 7.11 Å². The number of aromatic nitrogens is 1. The Bertz CT molecular complexity index is 888. The number of carboxylic acid groups (broad SMARTS) is 1. The van der Waals surface area contributed by atoms with E-state index in [9.17, 15) is 14.7 Å². The van der Waals surface area contributed by atoms with E-state index < -0.39 is 18.1 Å². The normalized spacial score (nSPS) is 19.0. The molecule has 0 aliphatic carbocycles. The van der Waals surface area contributed by atoms with Crippen molar-refractivity contribution in [2.45, 2.75) is 32.5 Å². The monoisotopic (exact) mass is 448 g/mol. The highest BCUT2D eigenvalue weighted by molar-refractivity contribution is 9.10. The number of pyridine rings is 1. The third kappa shape index (κ3) is 3.82. The van der Waals surface area contributed by atoms with Gasteiger partial charge in [0.2, 0.25) is 0 Å². The zero-order valence-electron chi connectivity index (χ0n) is 15.8. The van der Waals surface area contributed by atoms with Crippen molar-refractivity contribution in [1.29, 1.82) is 0 Å². The SMILES string of the molecule is COc1cc(Br)cc2c1OC(C(C)C)C(=O)N(Cc1cccnc1)C2C(=O)O. The van der Waals surface area contributed by atoms with Crippen LogP contribution in [0.2, 0.25) is 0 Å². The van der Waals surface area contributed by atoms with Crippen molar-refractivity contribution in [3.8, 4) is 11.5 Å². The zero-order chi connectivity index (χ0) is 20.4. The zero-order valence-corrected chi connectivity index (χ0v) is 17.3. The number of amides is 1. The highest BCUT2D eigenvalue weighted by Crippen LogP contribution is 2.44. The van der Waals surface area contributed by atoms with E-state index in [4.69, 9.17) is 9.47 Å². The molecule has 2 atom stereocenters. The van der Waals surface area contributed by atoms with Gasteiger partial charge < -0.3 is 19.5 Å². The van der Waals surface area contributed by atoms with Crippen molar-refractivity contribution in [3.05, 3.63) is 52.3 Å². The topological polar surface area (TPSA) is 89.0 Å². The average Bonchev–Trinajstić information content (AvgIpc) is 2.77. The van der Waals surface area contributed by atoms with Crippen LogP contribution in [0.4, 0.5) is 0 Å². The van der Waals surface area contributed by atoms with Gasteiger partial charge >= 0.3 is 5.97 Å². The number of carbonyl (C=O) groups is 2. The Morgan fingerprint density at radius 2 is 2.18 bits per heavy atom. The molecule has 1 aliphatic heterocycles. The minimum absolute atomic E-state index is 0.102. The smallest absolute Gasteiger partial charge is 0.331 e. The van der Waals surface area contributed by atoms with Crippen LogP contribution in [0.5, 0.6) is 11.5 Å². The van der Waals surface area contributed by atoms with Crippen LogP contribution < -0.4 is 9.47 Å². The minimum Gasteiger partial charge on any atom is -0.493 e. The summed E-state index contributed by atoms with van der Waals surface area (Å²) in [5, 5.41) is 10.0. The number of fused-ring (bicyclic) bond motifs is 1. The van der Waals surface area contributed by atoms with E-state index in [1.165, 1.54) is 12.0 Å². The first-order chi connectivity index (χ1) is 13.3. The van der Waals surface area contributed by atoms with E-state index in [2.05, 4.69) is 20.9 Å². The predicted molar refractivity (Wildman–Crippen MR) is 105 cm³/mol. The van der Waals surface area contributed by atoms with E-state index in [1.54, 1.807) is 36.7 Å². The molecule has 0 saturated heterocycles. The quantitative estimate of drug-likeness (QED) is 0.753. The third-order valence-corrected chi connectivity index (χ3v) is 5.02. The van der Waals surface area contributed by atoms with Gasteiger partial charge in [0, 0.05) is 29.0 Å². The van der Waals surface area contributed by atoms with Gasteiger partial charge in [0.15, 0.2) is 23.6 Å². The van der Waals surface area contributed by atoms with E-state index in [0.29, 0.717) is 15.8 Å². The van der Waals surface area contributed by atoms with E-state index >= 15 is 0 Å². The van der Waals surface area contributed by atoms with Crippen LogP contribution in [0.25, 0.3) is 0 Å². The molecule has 0 radical (unpaired) electrons. The lowest BCUT2D eigenvalue weighted by atomic mass is 10.0. The lowest BCUT2D eigenvalue weighted by molar-refractivity contribution is -0.154. The molecule has 1 aromatic heterocycles. The van der Waals surface area contributed by atoms with Gasteiger partial charge in [-0.2, -0.15) is 0 Å². The first-order valence-electron chi connectivity index (χ1n) is 8.79. The Kier molecular flexibility index (Phi) is 5.88. The largest absolute Gasteiger partial charge is 0.493 e. The number of hydrogen-bond donors (Lipinski definition) is 1. The molecule has 2 heterocycles. The van der Waals surface area contributed by atoms with Gasteiger partial charge in [-0.3, -0.25) is 9.78 Å². The van der Waals surface area contributed by atoms with Crippen molar-refractivity contribution >= 4 is 27.8 Å². The van der Waals surface area contributed by atoms with Crippen LogP contribution >= 0.6 is 15.9 Å². The average molecular weight is 449 g/mol. The predicted octanol–water partition coefficient (Wildman–Crippen LogP) is 3.42. The molecule has 28 heavy (non-hydrogen) atoms.